The van der Waals surface area contributed by atoms with Crippen molar-refractivity contribution >= 4 is 16.7 Å². The lowest BCUT2D eigenvalue weighted by Gasteiger charge is -2.17. The largest absolute Gasteiger partial charge is 0.490 e. The van der Waals surface area contributed by atoms with E-state index in [4.69, 9.17) is 14.9 Å². The highest BCUT2D eigenvalue weighted by Gasteiger charge is 2.30. The van der Waals surface area contributed by atoms with Crippen LogP contribution < -0.4 is 10.5 Å². The van der Waals surface area contributed by atoms with Crippen LogP contribution in [-0.4, -0.2) is 6.10 Å². The summed E-state index contributed by atoms with van der Waals surface area (Å²) in [5.41, 5.74) is 7.05. The summed E-state index contributed by atoms with van der Waals surface area (Å²) in [7, 11) is 0. The Hall–Kier alpha value is -2.89. The predicted octanol–water partition coefficient (Wildman–Crippen LogP) is 7.98. The van der Waals surface area contributed by atoms with E-state index < -0.39 is 11.7 Å². The Balaban J connectivity index is 0.000000258. The van der Waals surface area contributed by atoms with E-state index >= 15 is 0 Å². The summed E-state index contributed by atoms with van der Waals surface area (Å²) in [6.07, 6.45) is 1.14. The van der Waals surface area contributed by atoms with Crippen LogP contribution in [0.1, 0.15) is 63.3 Å². The van der Waals surface area contributed by atoms with Crippen LogP contribution in [0.3, 0.4) is 0 Å². The van der Waals surface area contributed by atoms with Gasteiger partial charge in [-0.05, 0) is 55.2 Å². The van der Waals surface area contributed by atoms with Gasteiger partial charge in [0.25, 0.3) is 0 Å². The predicted molar refractivity (Wildman–Crippen MR) is 124 cm³/mol. The molecule has 0 saturated carbocycles. The molecule has 0 unspecified atom stereocenters. The SMILES string of the molecule is C=C(N)c1cc2cc(OC(CCC)CCC)ccc2o1.CCc1cccc(C(F)(F)F)c1. The van der Waals surface area contributed by atoms with Crippen LogP contribution in [-0.2, 0) is 12.6 Å². The number of alkyl halides is 3. The highest BCUT2D eigenvalue weighted by molar-refractivity contribution is 5.82. The molecule has 0 aliphatic heterocycles. The van der Waals surface area contributed by atoms with Gasteiger partial charge >= 0.3 is 6.18 Å². The van der Waals surface area contributed by atoms with Crippen LogP contribution >= 0.6 is 0 Å². The number of rotatable bonds is 8. The van der Waals surface area contributed by atoms with Gasteiger partial charge in [0.2, 0.25) is 0 Å². The third kappa shape index (κ3) is 7.36. The number of aryl methyl sites for hydroxylation is 1. The average Bonchev–Trinajstić information content (AvgIpc) is 3.18. The number of benzene rings is 2. The molecule has 174 valence electrons. The van der Waals surface area contributed by atoms with Crippen LogP contribution in [0.25, 0.3) is 16.7 Å². The Labute approximate surface area is 188 Å². The lowest BCUT2D eigenvalue weighted by atomic mass is 10.1. The molecule has 1 heterocycles. The average molecular weight is 448 g/mol. The summed E-state index contributed by atoms with van der Waals surface area (Å²) in [5, 5.41) is 0.996. The first-order valence-electron chi connectivity index (χ1n) is 11.0. The molecular formula is C26H32F3NO2. The molecule has 3 aromatic rings. The van der Waals surface area contributed by atoms with Gasteiger partial charge in [0.1, 0.15) is 17.1 Å². The van der Waals surface area contributed by atoms with Gasteiger partial charge in [-0.1, -0.05) is 58.4 Å². The topological polar surface area (TPSA) is 48.4 Å². The molecule has 0 aliphatic carbocycles. The number of hydrogen-bond acceptors (Lipinski definition) is 3. The lowest BCUT2D eigenvalue weighted by Crippen LogP contribution is -2.15. The summed E-state index contributed by atoms with van der Waals surface area (Å²) in [6.45, 7) is 9.89. The van der Waals surface area contributed by atoms with Crippen molar-refractivity contribution in [1.82, 2.24) is 0 Å². The standard InChI is InChI=1S/C17H23NO2.C9H9F3/c1-4-6-14(7-5-2)19-15-8-9-16-13(10-15)11-17(20-16)12(3)18;1-2-7-4-3-5-8(6-7)9(10,11)12/h8-11,14H,3-7,18H2,1-2H3;3-6H,2H2,1H3. The first kappa shape index (κ1) is 25.4. The maximum atomic E-state index is 12.1. The normalized spacial score (nSPS) is 11.3. The van der Waals surface area contributed by atoms with Crippen molar-refractivity contribution in [2.24, 2.45) is 5.73 Å². The van der Waals surface area contributed by atoms with E-state index in [1.807, 2.05) is 31.2 Å². The highest BCUT2D eigenvalue weighted by Crippen LogP contribution is 2.29. The molecule has 3 rings (SSSR count). The first-order valence-corrected chi connectivity index (χ1v) is 11.0. The Morgan fingerprint density at radius 3 is 2.28 bits per heavy atom. The highest BCUT2D eigenvalue weighted by atomic mass is 19.4. The van der Waals surface area contributed by atoms with Gasteiger partial charge in [-0.15, -0.1) is 0 Å². The number of halogens is 3. The number of fused-ring (bicyclic) bond motifs is 1. The summed E-state index contributed by atoms with van der Waals surface area (Å²) >= 11 is 0. The fraction of sp³-hybridized carbons (Fsp3) is 0.385. The minimum absolute atomic E-state index is 0.290. The zero-order valence-electron chi connectivity index (χ0n) is 19.0. The third-order valence-corrected chi connectivity index (χ3v) is 4.99. The van der Waals surface area contributed by atoms with Gasteiger partial charge in [0.05, 0.1) is 17.4 Å². The van der Waals surface area contributed by atoms with E-state index in [9.17, 15) is 13.2 Å². The fourth-order valence-electron chi connectivity index (χ4n) is 3.32. The molecule has 2 aromatic carbocycles. The number of furan rings is 1. The monoisotopic (exact) mass is 447 g/mol. The molecule has 1 aromatic heterocycles. The van der Waals surface area contributed by atoms with E-state index in [2.05, 4.69) is 20.4 Å². The second kappa shape index (κ2) is 11.7. The van der Waals surface area contributed by atoms with Gasteiger partial charge in [0.15, 0.2) is 0 Å². The smallest absolute Gasteiger partial charge is 0.416 e. The number of ether oxygens (including phenoxy) is 1. The summed E-state index contributed by atoms with van der Waals surface area (Å²) in [4.78, 5) is 0. The van der Waals surface area contributed by atoms with E-state index in [-0.39, 0.29) is 0 Å². The summed E-state index contributed by atoms with van der Waals surface area (Å²) in [6, 6.07) is 13.2. The lowest BCUT2D eigenvalue weighted by molar-refractivity contribution is -0.137. The molecule has 0 spiro atoms. The Kier molecular flexibility index (Phi) is 9.24. The Morgan fingerprint density at radius 2 is 1.72 bits per heavy atom. The maximum Gasteiger partial charge on any atom is 0.416 e. The molecule has 0 atom stereocenters. The molecule has 6 heteroatoms. The molecule has 32 heavy (non-hydrogen) atoms. The molecule has 2 N–H and O–H groups in total. The van der Waals surface area contributed by atoms with Gasteiger partial charge in [-0.25, -0.2) is 0 Å². The van der Waals surface area contributed by atoms with Crippen LogP contribution in [0.15, 0.2) is 59.5 Å². The van der Waals surface area contributed by atoms with E-state index in [0.29, 0.717) is 29.5 Å². The van der Waals surface area contributed by atoms with E-state index in [0.717, 1.165) is 48.5 Å². The Bertz CT molecular complexity index is 1000. The van der Waals surface area contributed by atoms with E-state index in [1.54, 1.807) is 6.07 Å². The Morgan fingerprint density at radius 1 is 1.03 bits per heavy atom. The van der Waals surface area contributed by atoms with Crippen molar-refractivity contribution in [1.29, 1.82) is 0 Å². The van der Waals surface area contributed by atoms with Gasteiger partial charge in [-0.2, -0.15) is 13.2 Å². The van der Waals surface area contributed by atoms with Gasteiger partial charge < -0.3 is 14.9 Å². The zero-order valence-corrected chi connectivity index (χ0v) is 19.0. The molecular weight excluding hydrogens is 415 g/mol. The molecule has 0 aliphatic rings. The van der Waals surface area contributed by atoms with Crippen LogP contribution in [0.2, 0.25) is 0 Å². The maximum absolute atomic E-state index is 12.1. The third-order valence-electron chi connectivity index (χ3n) is 4.99. The number of nitrogens with two attached hydrogens (primary N) is 1. The zero-order chi connectivity index (χ0) is 23.7. The molecule has 0 bridgehead atoms. The van der Waals surface area contributed by atoms with Crippen molar-refractivity contribution in [2.45, 2.75) is 65.2 Å². The van der Waals surface area contributed by atoms with Crippen molar-refractivity contribution in [3.05, 3.63) is 72.0 Å². The minimum atomic E-state index is -4.22. The quantitative estimate of drug-likeness (QED) is 0.381. The molecule has 0 amide bonds. The van der Waals surface area contributed by atoms with Crippen molar-refractivity contribution in [3.63, 3.8) is 0 Å². The van der Waals surface area contributed by atoms with E-state index in [1.165, 1.54) is 12.1 Å². The van der Waals surface area contributed by atoms with Gasteiger partial charge in [0, 0.05) is 5.39 Å². The minimum Gasteiger partial charge on any atom is -0.490 e. The number of hydrogen-bond donors (Lipinski definition) is 1. The molecule has 0 saturated heterocycles. The molecule has 3 nitrogen and oxygen atoms in total. The van der Waals surface area contributed by atoms with Gasteiger partial charge in [-0.3, -0.25) is 0 Å². The van der Waals surface area contributed by atoms with Crippen molar-refractivity contribution in [2.75, 3.05) is 0 Å². The van der Waals surface area contributed by atoms with Crippen LogP contribution in [0.4, 0.5) is 13.2 Å². The molecule has 0 radical (unpaired) electrons. The van der Waals surface area contributed by atoms with Crippen LogP contribution in [0.5, 0.6) is 5.75 Å². The first-order chi connectivity index (χ1) is 15.2. The summed E-state index contributed by atoms with van der Waals surface area (Å²) < 4.78 is 48.0. The van der Waals surface area contributed by atoms with Crippen molar-refractivity contribution in [3.8, 4) is 5.75 Å². The second-order valence-corrected chi connectivity index (χ2v) is 7.70. The van der Waals surface area contributed by atoms with Crippen molar-refractivity contribution < 1.29 is 22.3 Å². The molecule has 0 fully saturated rings. The fourth-order valence-corrected chi connectivity index (χ4v) is 3.32. The van der Waals surface area contributed by atoms with Crippen LogP contribution in [0, 0.1) is 0 Å². The summed E-state index contributed by atoms with van der Waals surface area (Å²) in [5.74, 6) is 1.51. The second-order valence-electron chi connectivity index (χ2n) is 7.70.